The minimum absolute atomic E-state index is 0.627. The Morgan fingerprint density at radius 1 is 1.18 bits per heavy atom. The molecular weight excluding hydrogens is 296 g/mol. The molecule has 10 heteroatoms. The van der Waals surface area contributed by atoms with Gasteiger partial charge in [0.05, 0.1) is 0 Å². The van der Waals surface area contributed by atoms with Gasteiger partial charge in [-0.15, -0.1) is 0 Å². The minimum atomic E-state index is -3.99. The van der Waals surface area contributed by atoms with Gasteiger partial charge in [-0.05, 0) is 0 Å². The second-order valence-electron chi connectivity index (χ2n) is 2.50. The molecule has 0 aliphatic carbocycles. The second-order valence-corrected chi connectivity index (χ2v) is 5.26. The Balaban J connectivity index is 5.05. The van der Waals surface area contributed by atoms with Crippen LogP contribution in [0.15, 0.2) is 10.3 Å². The fraction of sp³-hybridized carbons (Fsp3) is 0.429. The molecular formula is C7H10Cl2NO6P. The van der Waals surface area contributed by atoms with Crippen molar-refractivity contribution >= 4 is 42.8 Å². The first-order valence-electron chi connectivity index (χ1n) is 4.04. The monoisotopic (exact) mass is 305 g/mol. The Hall–Kier alpha value is -0.590. The standard InChI is InChI=1S/C7H10Cl2NO6P/c1-4(11)10-7(12)5(6(8)9)16-17(13,14-2)15-3/h1-3H3,(H,10,11,12). The van der Waals surface area contributed by atoms with Crippen molar-refractivity contribution in [2.24, 2.45) is 0 Å². The fourth-order valence-corrected chi connectivity index (χ4v) is 1.69. The molecule has 98 valence electrons. The van der Waals surface area contributed by atoms with Gasteiger partial charge in [0, 0.05) is 21.1 Å². The van der Waals surface area contributed by atoms with Gasteiger partial charge in [-0.1, -0.05) is 23.2 Å². The van der Waals surface area contributed by atoms with Crippen LogP contribution in [0.4, 0.5) is 0 Å². The molecule has 0 saturated heterocycles. The van der Waals surface area contributed by atoms with E-state index in [1.165, 1.54) is 0 Å². The van der Waals surface area contributed by atoms with E-state index in [1.807, 2.05) is 5.32 Å². The van der Waals surface area contributed by atoms with E-state index in [0.29, 0.717) is 0 Å². The van der Waals surface area contributed by atoms with Gasteiger partial charge in [0.1, 0.15) is 0 Å². The summed E-state index contributed by atoms with van der Waals surface area (Å²) in [5.74, 6) is -2.47. The molecule has 0 spiro atoms. The molecule has 0 atom stereocenters. The van der Waals surface area contributed by atoms with Gasteiger partial charge in [0.25, 0.3) is 5.91 Å². The molecule has 0 rings (SSSR count). The van der Waals surface area contributed by atoms with Gasteiger partial charge in [0.15, 0.2) is 4.49 Å². The number of hydrogen-bond acceptors (Lipinski definition) is 6. The number of amides is 2. The molecule has 0 aromatic heterocycles. The van der Waals surface area contributed by atoms with Crippen LogP contribution in [-0.2, 0) is 27.7 Å². The van der Waals surface area contributed by atoms with Crippen LogP contribution in [0.1, 0.15) is 6.92 Å². The molecule has 2 amide bonds. The maximum absolute atomic E-state index is 11.6. The largest absolute Gasteiger partial charge is 0.529 e. The van der Waals surface area contributed by atoms with Crippen LogP contribution in [0.2, 0.25) is 0 Å². The topological polar surface area (TPSA) is 90.9 Å². The molecule has 0 unspecified atom stereocenters. The van der Waals surface area contributed by atoms with Crippen molar-refractivity contribution in [3.8, 4) is 0 Å². The van der Waals surface area contributed by atoms with Gasteiger partial charge in [0.2, 0.25) is 11.7 Å². The van der Waals surface area contributed by atoms with E-state index >= 15 is 0 Å². The number of phosphoric acid groups is 1. The third kappa shape index (κ3) is 5.52. The molecule has 1 N–H and O–H groups in total. The number of carbonyl (C=O) groups is 2. The predicted octanol–water partition coefficient (Wildman–Crippen LogP) is 1.71. The van der Waals surface area contributed by atoms with Crippen LogP contribution < -0.4 is 5.32 Å². The zero-order valence-corrected chi connectivity index (χ0v) is 11.6. The summed E-state index contributed by atoms with van der Waals surface area (Å²) in [4.78, 5) is 22.0. The first-order valence-corrected chi connectivity index (χ1v) is 6.25. The van der Waals surface area contributed by atoms with Crippen LogP contribution >= 0.6 is 31.0 Å². The average Bonchev–Trinajstić information content (AvgIpc) is 2.24. The zero-order valence-electron chi connectivity index (χ0n) is 9.15. The van der Waals surface area contributed by atoms with E-state index in [1.54, 1.807) is 0 Å². The van der Waals surface area contributed by atoms with Crippen LogP contribution in [0.25, 0.3) is 0 Å². The maximum atomic E-state index is 11.6. The molecule has 0 aliphatic rings. The predicted molar refractivity (Wildman–Crippen MR) is 60.3 cm³/mol. The lowest BCUT2D eigenvalue weighted by Gasteiger charge is -2.15. The summed E-state index contributed by atoms with van der Waals surface area (Å²) < 4.78 is 24.4. The average molecular weight is 306 g/mol. The highest BCUT2D eigenvalue weighted by molar-refractivity contribution is 7.48. The number of halogens is 2. The maximum Gasteiger partial charge on any atom is 0.529 e. The number of hydrogen-bond donors (Lipinski definition) is 1. The van der Waals surface area contributed by atoms with Gasteiger partial charge in [-0.2, -0.15) is 0 Å². The highest BCUT2D eigenvalue weighted by Crippen LogP contribution is 2.50. The van der Waals surface area contributed by atoms with Crippen LogP contribution in [-0.4, -0.2) is 26.0 Å². The summed E-state index contributed by atoms with van der Waals surface area (Å²) in [5, 5.41) is 1.83. The molecule has 0 heterocycles. The van der Waals surface area contributed by atoms with E-state index in [-0.39, 0.29) is 0 Å². The summed E-state index contributed by atoms with van der Waals surface area (Å²) in [6.07, 6.45) is 0. The van der Waals surface area contributed by atoms with Crippen molar-refractivity contribution in [3.05, 3.63) is 10.3 Å². The van der Waals surface area contributed by atoms with Crippen molar-refractivity contribution in [1.82, 2.24) is 5.32 Å². The van der Waals surface area contributed by atoms with Crippen molar-refractivity contribution in [1.29, 1.82) is 0 Å². The van der Waals surface area contributed by atoms with Crippen molar-refractivity contribution < 1.29 is 27.7 Å². The molecule has 0 aromatic carbocycles. The number of imide groups is 1. The minimum Gasteiger partial charge on any atom is -0.395 e. The molecule has 0 fully saturated rings. The highest BCUT2D eigenvalue weighted by atomic mass is 35.5. The molecule has 0 aliphatic heterocycles. The Bertz CT molecular complexity index is 384. The number of rotatable bonds is 5. The molecule has 0 saturated carbocycles. The van der Waals surface area contributed by atoms with E-state index in [4.69, 9.17) is 23.2 Å². The van der Waals surface area contributed by atoms with E-state index < -0.39 is 29.9 Å². The number of carbonyl (C=O) groups excluding carboxylic acids is 2. The van der Waals surface area contributed by atoms with Crippen LogP contribution in [0.5, 0.6) is 0 Å². The summed E-state index contributed by atoms with van der Waals surface area (Å²) in [7, 11) is -1.92. The highest BCUT2D eigenvalue weighted by Gasteiger charge is 2.31. The Kier molecular flexibility index (Phi) is 6.74. The first kappa shape index (κ1) is 16.4. The quantitative estimate of drug-likeness (QED) is 0.472. The first-order chi connectivity index (χ1) is 7.75. The number of phosphoric ester groups is 1. The summed E-state index contributed by atoms with van der Waals surface area (Å²) >= 11 is 10.7. The smallest absolute Gasteiger partial charge is 0.395 e. The Morgan fingerprint density at radius 3 is 1.94 bits per heavy atom. The Labute approximate surface area is 108 Å². The van der Waals surface area contributed by atoms with Gasteiger partial charge in [-0.25, -0.2) is 4.57 Å². The normalized spacial score (nSPS) is 10.6. The van der Waals surface area contributed by atoms with Crippen molar-refractivity contribution in [3.63, 3.8) is 0 Å². The van der Waals surface area contributed by atoms with E-state index in [0.717, 1.165) is 21.1 Å². The second kappa shape index (κ2) is 6.98. The molecule has 7 nitrogen and oxygen atoms in total. The van der Waals surface area contributed by atoms with Crippen molar-refractivity contribution in [2.75, 3.05) is 14.2 Å². The summed E-state index contributed by atoms with van der Waals surface area (Å²) in [5.41, 5.74) is 0. The SMILES string of the molecule is COP(=O)(OC)OC(C(=O)NC(C)=O)=C(Cl)Cl. The third-order valence-electron chi connectivity index (χ3n) is 1.32. The van der Waals surface area contributed by atoms with E-state index in [9.17, 15) is 14.2 Å². The van der Waals surface area contributed by atoms with Crippen LogP contribution in [0, 0.1) is 0 Å². The van der Waals surface area contributed by atoms with Crippen LogP contribution in [0.3, 0.4) is 0 Å². The number of nitrogens with one attached hydrogen (secondary N) is 1. The summed E-state index contributed by atoms with van der Waals surface area (Å²) in [6, 6.07) is 0. The van der Waals surface area contributed by atoms with Gasteiger partial charge < -0.3 is 4.52 Å². The third-order valence-corrected chi connectivity index (χ3v) is 2.96. The molecule has 0 aromatic rings. The lowest BCUT2D eigenvalue weighted by Crippen LogP contribution is -2.30. The lowest BCUT2D eigenvalue weighted by molar-refractivity contribution is -0.128. The van der Waals surface area contributed by atoms with Crippen molar-refractivity contribution in [2.45, 2.75) is 6.92 Å². The fourth-order valence-electron chi connectivity index (χ4n) is 0.639. The lowest BCUT2D eigenvalue weighted by atomic mass is 10.5. The Morgan fingerprint density at radius 2 is 1.65 bits per heavy atom. The van der Waals surface area contributed by atoms with E-state index in [2.05, 4.69) is 13.6 Å². The molecule has 17 heavy (non-hydrogen) atoms. The molecule has 0 bridgehead atoms. The summed E-state index contributed by atoms with van der Waals surface area (Å²) in [6.45, 7) is 1.09. The van der Waals surface area contributed by atoms with Gasteiger partial charge in [-0.3, -0.25) is 24.0 Å². The molecule has 0 radical (unpaired) electrons. The van der Waals surface area contributed by atoms with Gasteiger partial charge >= 0.3 is 7.82 Å². The zero-order chi connectivity index (χ0) is 13.6.